The van der Waals surface area contributed by atoms with Crippen LogP contribution in [0.25, 0.3) is 28.0 Å². The Labute approximate surface area is 206 Å². The van der Waals surface area contributed by atoms with Gasteiger partial charge >= 0.3 is 0 Å². The molecule has 0 atom stereocenters. The van der Waals surface area contributed by atoms with Gasteiger partial charge in [0, 0.05) is 36.0 Å². The zero-order valence-electron chi connectivity index (χ0n) is 19.1. The molecule has 8 heteroatoms. The van der Waals surface area contributed by atoms with Crippen molar-refractivity contribution < 1.29 is 14.1 Å². The van der Waals surface area contributed by atoms with Crippen molar-refractivity contribution in [2.45, 2.75) is 12.8 Å². The van der Waals surface area contributed by atoms with Crippen LogP contribution in [0.4, 0.5) is 15.8 Å². The highest BCUT2D eigenvalue weighted by Gasteiger charge is 2.17. The molecule has 2 heterocycles. The minimum atomic E-state index is -0.422. The molecule has 0 aliphatic heterocycles. The lowest BCUT2D eigenvalue weighted by molar-refractivity contribution is -0.384. The fraction of sp³-hybridized carbons (Fsp3) is 0.0714. The third-order valence-electron chi connectivity index (χ3n) is 5.85. The number of halogens is 1. The lowest BCUT2D eigenvalue weighted by Crippen LogP contribution is -2.13. The number of non-ortho nitro benzene ring substituents is 1. The van der Waals surface area contributed by atoms with Crippen molar-refractivity contribution in [2.24, 2.45) is 0 Å². The molecule has 3 aromatic carbocycles. The van der Waals surface area contributed by atoms with Crippen molar-refractivity contribution in [3.05, 3.63) is 119 Å². The van der Waals surface area contributed by atoms with Crippen LogP contribution in [0.15, 0.2) is 97.2 Å². The molecule has 0 fully saturated rings. The molecule has 0 aliphatic rings. The normalized spacial score (nSPS) is 10.9. The van der Waals surface area contributed by atoms with E-state index < -0.39 is 10.7 Å². The molecule has 7 nitrogen and oxygen atoms in total. The minimum Gasteiger partial charge on any atom is -0.326 e. The number of rotatable bonds is 7. The van der Waals surface area contributed by atoms with Crippen molar-refractivity contribution in [2.75, 3.05) is 5.32 Å². The molecule has 5 rings (SSSR count). The Morgan fingerprint density at radius 1 is 0.917 bits per heavy atom. The number of amides is 1. The first-order valence-corrected chi connectivity index (χ1v) is 11.3. The van der Waals surface area contributed by atoms with Crippen LogP contribution in [0.1, 0.15) is 12.1 Å². The maximum absolute atomic E-state index is 13.5. The van der Waals surface area contributed by atoms with Crippen LogP contribution in [-0.4, -0.2) is 20.2 Å². The molecule has 0 bridgehead atoms. The van der Waals surface area contributed by atoms with Crippen molar-refractivity contribution in [3.8, 4) is 22.4 Å². The molecule has 36 heavy (non-hydrogen) atoms. The maximum Gasteiger partial charge on any atom is 0.270 e. The lowest BCUT2D eigenvalue weighted by atomic mass is 10.1. The lowest BCUT2D eigenvalue weighted by Gasteiger charge is -2.09. The van der Waals surface area contributed by atoms with Gasteiger partial charge < -0.3 is 9.72 Å². The highest BCUT2D eigenvalue weighted by Crippen LogP contribution is 2.29. The van der Waals surface area contributed by atoms with E-state index in [1.807, 2.05) is 59.1 Å². The van der Waals surface area contributed by atoms with Crippen molar-refractivity contribution >= 4 is 22.9 Å². The first-order valence-electron chi connectivity index (χ1n) is 11.3. The number of nitro groups is 1. The predicted molar refractivity (Wildman–Crippen MR) is 136 cm³/mol. The molecular formula is C28H21FN4O3. The number of nitrogens with one attached hydrogen (secondary N) is 1. The molecule has 1 amide bonds. The number of pyridine rings is 1. The van der Waals surface area contributed by atoms with Crippen LogP contribution in [0.2, 0.25) is 0 Å². The molecule has 1 N–H and O–H groups in total. The number of aryl methyl sites for hydroxylation is 1. The minimum absolute atomic E-state index is 0.0115. The van der Waals surface area contributed by atoms with Crippen molar-refractivity contribution in [3.63, 3.8) is 0 Å². The first kappa shape index (κ1) is 22.9. The summed E-state index contributed by atoms with van der Waals surface area (Å²) >= 11 is 0. The molecule has 0 unspecified atom stereocenters. The van der Waals surface area contributed by atoms with Crippen molar-refractivity contribution in [1.29, 1.82) is 0 Å². The number of imidazole rings is 1. The summed E-state index contributed by atoms with van der Waals surface area (Å²) < 4.78 is 15.4. The van der Waals surface area contributed by atoms with Gasteiger partial charge in [-0.25, -0.2) is 9.37 Å². The van der Waals surface area contributed by atoms with Gasteiger partial charge in [-0.1, -0.05) is 48.5 Å². The molecule has 0 aliphatic carbocycles. The number of nitrogens with zero attached hydrogens (tertiary/aromatic N) is 3. The van der Waals surface area contributed by atoms with Crippen LogP contribution in [0, 0.1) is 15.9 Å². The molecule has 178 valence electrons. The SMILES string of the molecule is O=C(CCc1c(-c2ccccc2)nc2ccc(-c3cccc([N+](=O)[O-])c3)cn12)Nc1cccc(F)c1. The quantitative estimate of drug-likeness (QED) is 0.219. The van der Waals surface area contributed by atoms with Gasteiger partial charge in [-0.2, -0.15) is 0 Å². The van der Waals surface area contributed by atoms with Crippen LogP contribution in [0.3, 0.4) is 0 Å². The molecule has 0 saturated carbocycles. The Bertz CT molecular complexity index is 1580. The van der Waals surface area contributed by atoms with Gasteiger partial charge in [0.1, 0.15) is 11.5 Å². The number of carbonyl (C=O) groups excluding carboxylic acids is 1. The third-order valence-corrected chi connectivity index (χ3v) is 5.85. The Morgan fingerprint density at radius 3 is 2.47 bits per heavy atom. The smallest absolute Gasteiger partial charge is 0.270 e. The maximum atomic E-state index is 13.5. The summed E-state index contributed by atoms with van der Waals surface area (Å²) in [5.74, 6) is -0.668. The summed E-state index contributed by atoms with van der Waals surface area (Å²) in [4.78, 5) is 28.3. The second-order valence-electron chi connectivity index (χ2n) is 8.29. The van der Waals surface area contributed by atoms with E-state index in [4.69, 9.17) is 4.98 Å². The van der Waals surface area contributed by atoms with Crippen LogP contribution < -0.4 is 5.32 Å². The van der Waals surface area contributed by atoms with E-state index in [1.54, 1.807) is 18.2 Å². The number of anilines is 1. The van der Waals surface area contributed by atoms with E-state index in [1.165, 1.54) is 24.3 Å². The van der Waals surface area contributed by atoms with E-state index in [2.05, 4.69) is 5.32 Å². The first-order chi connectivity index (χ1) is 17.5. The second kappa shape index (κ2) is 9.79. The Kier molecular flexibility index (Phi) is 6.23. The average molecular weight is 480 g/mol. The van der Waals surface area contributed by atoms with E-state index in [-0.39, 0.29) is 18.0 Å². The summed E-state index contributed by atoms with van der Waals surface area (Å²) in [6.07, 6.45) is 2.42. The fourth-order valence-corrected chi connectivity index (χ4v) is 4.15. The highest BCUT2D eigenvalue weighted by atomic mass is 19.1. The number of carbonyl (C=O) groups is 1. The van der Waals surface area contributed by atoms with E-state index in [0.29, 0.717) is 23.3 Å². The number of hydrogen-bond donors (Lipinski definition) is 1. The zero-order valence-corrected chi connectivity index (χ0v) is 19.1. The summed E-state index contributed by atoms with van der Waals surface area (Å²) in [7, 11) is 0. The number of fused-ring (bicyclic) bond motifs is 1. The molecule has 0 saturated heterocycles. The molecule has 2 aromatic heterocycles. The number of benzene rings is 3. The largest absolute Gasteiger partial charge is 0.326 e. The predicted octanol–water partition coefficient (Wildman–Crippen LogP) is 6.29. The molecule has 0 spiro atoms. The van der Waals surface area contributed by atoms with Gasteiger partial charge in [-0.15, -0.1) is 0 Å². The van der Waals surface area contributed by atoms with Crippen LogP contribution in [0.5, 0.6) is 0 Å². The van der Waals surface area contributed by atoms with Gasteiger partial charge in [0.15, 0.2) is 0 Å². The zero-order chi connectivity index (χ0) is 25.1. The van der Waals surface area contributed by atoms with Gasteiger partial charge in [-0.05, 0) is 47.9 Å². The van der Waals surface area contributed by atoms with Gasteiger partial charge in [0.2, 0.25) is 5.91 Å². The fourth-order valence-electron chi connectivity index (χ4n) is 4.15. The average Bonchev–Trinajstić information content (AvgIpc) is 3.26. The Balaban J connectivity index is 1.51. The van der Waals surface area contributed by atoms with Gasteiger partial charge in [-0.3, -0.25) is 14.9 Å². The third kappa shape index (κ3) is 4.83. The van der Waals surface area contributed by atoms with Gasteiger partial charge in [0.25, 0.3) is 5.69 Å². The van der Waals surface area contributed by atoms with Gasteiger partial charge in [0.05, 0.1) is 16.3 Å². The standard InChI is InChI=1S/C28H21FN4O3/c29-22-9-5-10-23(17-22)30-27(34)15-13-25-28(19-6-2-1-3-7-19)31-26-14-12-21(18-32(25)26)20-8-4-11-24(16-20)33(35)36/h1-12,14,16-18H,13,15H2,(H,30,34). The Hall–Kier alpha value is -4.85. The van der Waals surface area contributed by atoms with Crippen molar-refractivity contribution in [1.82, 2.24) is 9.38 Å². The summed E-state index contributed by atoms with van der Waals surface area (Å²) in [6.45, 7) is 0. The topological polar surface area (TPSA) is 89.5 Å². The number of hydrogen-bond acceptors (Lipinski definition) is 4. The van der Waals surface area contributed by atoms with E-state index >= 15 is 0 Å². The summed E-state index contributed by atoms with van der Waals surface area (Å²) in [5, 5.41) is 14.0. The van der Waals surface area contributed by atoms with E-state index in [9.17, 15) is 19.3 Å². The van der Waals surface area contributed by atoms with Crippen LogP contribution in [-0.2, 0) is 11.2 Å². The van der Waals surface area contributed by atoms with E-state index in [0.717, 1.165) is 22.5 Å². The Morgan fingerprint density at radius 2 is 1.69 bits per heavy atom. The summed E-state index contributed by atoms with van der Waals surface area (Å²) in [6, 6.07) is 25.6. The number of aromatic nitrogens is 2. The highest BCUT2D eigenvalue weighted by molar-refractivity contribution is 5.91. The monoisotopic (exact) mass is 480 g/mol. The van der Waals surface area contributed by atoms with Crippen LogP contribution >= 0.6 is 0 Å². The second-order valence-corrected chi connectivity index (χ2v) is 8.29. The summed E-state index contributed by atoms with van der Waals surface area (Å²) in [5.41, 5.74) is 5.10. The molecular weight excluding hydrogens is 459 g/mol. The number of nitro benzene ring substituents is 1. The molecule has 5 aromatic rings. The molecule has 0 radical (unpaired) electrons.